The largest absolute Gasteiger partial charge is 0.493 e. The van der Waals surface area contributed by atoms with Crippen molar-refractivity contribution < 1.29 is 22.6 Å². The number of halogens is 3. The minimum absolute atomic E-state index is 0.428. The van der Waals surface area contributed by atoms with Gasteiger partial charge in [0.2, 0.25) is 0 Å². The van der Waals surface area contributed by atoms with E-state index in [-0.39, 0.29) is 0 Å². The number of rotatable bonds is 3. The van der Waals surface area contributed by atoms with Crippen molar-refractivity contribution in [2.75, 3.05) is 19.5 Å². The van der Waals surface area contributed by atoms with Crippen LogP contribution in [0.15, 0.2) is 42.7 Å². The molecule has 0 unspecified atom stereocenters. The highest BCUT2D eigenvalue weighted by molar-refractivity contribution is 6.09. The predicted molar refractivity (Wildman–Crippen MR) is 97.9 cm³/mol. The number of nitrogens with zero attached hydrogens (tertiary/aromatic N) is 1. The van der Waals surface area contributed by atoms with Crippen LogP contribution < -0.4 is 14.8 Å². The molecule has 0 aliphatic carbocycles. The Kier molecular flexibility index (Phi) is 3.95. The van der Waals surface area contributed by atoms with Gasteiger partial charge in [-0.25, -0.2) is 0 Å². The Morgan fingerprint density at radius 3 is 2.59 bits per heavy atom. The molecule has 138 valence electrons. The number of hydrogen-bond donors (Lipinski definition) is 1. The molecule has 0 radical (unpaired) electrons. The van der Waals surface area contributed by atoms with Gasteiger partial charge in [-0.15, -0.1) is 0 Å². The molecule has 1 aliphatic heterocycles. The lowest BCUT2D eigenvalue weighted by Crippen LogP contribution is -2.06. The summed E-state index contributed by atoms with van der Waals surface area (Å²) in [7, 11) is 3.06. The molecule has 0 saturated heterocycles. The van der Waals surface area contributed by atoms with Crippen LogP contribution in [0.4, 0.5) is 18.9 Å². The Morgan fingerprint density at radius 1 is 1.07 bits per heavy atom. The second kappa shape index (κ2) is 6.19. The van der Waals surface area contributed by atoms with E-state index in [1.54, 1.807) is 25.6 Å². The first-order valence-electron chi connectivity index (χ1n) is 8.12. The van der Waals surface area contributed by atoms with E-state index in [0.29, 0.717) is 33.8 Å². The summed E-state index contributed by atoms with van der Waals surface area (Å²) in [4.78, 5) is 4.47. The molecule has 4 nitrogen and oxygen atoms in total. The second-order valence-corrected chi connectivity index (χ2v) is 6.03. The maximum absolute atomic E-state index is 13.1. The number of aromatic nitrogens is 1. The molecule has 4 rings (SSSR count). The van der Waals surface area contributed by atoms with Gasteiger partial charge in [0.05, 0.1) is 25.5 Å². The molecule has 1 aliphatic rings. The number of benzene rings is 2. The average Bonchev–Trinajstić information content (AvgIpc) is 2.67. The Labute approximate surface area is 153 Å². The summed E-state index contributed by atoms with van der Waals surface area (Å²) >= 11 is 0. The van der Waals surface area contributed by atoms with Gasteiger partial charge < -0.3 is 14.8 Å². The first-order chi connectivity index (χ1) is 12.9. The molecule has 7 heteroatoms. The van der Waals surface area contributed by atoms with Gasteiger partial charge in [0.25, 0.3) is 0 Å². The van der Waals surface area contributed by atoms with Crippen molar-refractivity contribution in [2.24, 2.45) is 0 Å². The van der Waals surface area contributed by atoms with E-state index in [1.807, 2.05) is 12.1 Å². The van der Waals surface area contributed by atoms with Gasteiger partial charge in [-0.05, 0) is 35.4 Å². The Bertz CT molecular complexity index is 1070. The quantitative estimate of drug-likeness (QED) is 0.675. The zero-order valence-electron chi connectivity index (χ0n) is 14.5. The first-order valence-corrected chi connectivity index (χ1v) is 8.12. The van der Waals surface area contributed by atoms with Gasteiger partial charge in [0.15, 0.2) is 11.5 Å². The van der Waals surface area contributed by atoms with Crippen molar-refractivity contribution >= 4 is 22.7 Å². The Morgan fingerprint density at radius 2 is 1.89 bits per heavy atom. The van der Waals surface area contributed by atoms with Gasteiger partial charge in [-0.2, -0.15) is 13.2 Å². The van der Waals surface area contributed by atoms with Crippen molar-refractivity contribution in [2.45, 2.75) is 6.18 Å². The van der Waals surface area contributed by atoms with E-state index in [2.05, 4.69) is 10.3 Å². The number of methoxy groups -OCH3 is 2. The fourth-order valence-electron chi connectivity index (χ4n) is 3.29. The molecule has 0 spiro atoms. The summed E-state index contributed by atoms with van der Waals surface area (Å²) < 4.78 is 50.1. The van der Waals surface area contributed by atoms with Crippen molar-refractivity contribution in [3.63, 3.8) is 0 Å². The van der Waals surface area contributed by atoms with Crippen LogP contribution in [0.5, 0.6) is 11.5 Å². The lowest BCUT2D eigenvalue weighted by atomic mass is 9.96. The lowest BCUT2D eigenvalue weighted by Gasteiger charge is -2.21. The van der Waals surface area contributed by atoms with Gasteiger partial charge in [-0.3, -0.25) is 4.98 Å². The van der Waals surface area contributed by atoms with Crippen molar-refractivity contribution in [1.82, 2.24) is 4.98 Å². The molecule has 0 saturated carbocycles. The van der Waals surface area contributed by atoms with Crippen LogP contribution in [0.25, 0.3) is 28.1 Å². The zero-order chi connectivity index (χ0) is 19.2. The average molecular weight is 372 g/mol. The van der Waals surface area contributed by atoms with Crippen LogP contribution in [0.2, 0.25) is 0 Å². The summed E-state index contributed by atoms with van der Waals surface area (Å²) in [6, 6.07) is 7.02. The highest BCUT2D eigenvalue weighted by Gasteiger charge is 2.31. The maximum Gasteiger partial charge on any atom is 0.416 e. The second-order valence-electron chi connectivity index (χ2n) is 6.03. The zero-order valence-corrected chi connectivity index (χ0v) is 14.5. The van der Waals surface area contributed by atoms with E-state index in [9.17, 15) is 13.2 Å². The summed E-state index contributed by atoms with van der Waals surface area (Å²) in [6.07, 6.45) is 0.729. The van der Waals surface area contributed by atoms with Crippen molar-refractivity contribution in [3.05, 3.63) is 53.9 Å². The molecular weight excluding hydrogens is 357 g/mol. The summed E-state index contributed by atoms with van der Waals surface area (Å²) in [6.45, 7) is 0. The number of nitrogens with one attached hydrogen (secondary N) is 1. The number of hydrogen-bond acceptors (Lipinski definition) is 4. The SMILES string of the molecule is COc1cc2c3c(c(-c4cccc(C(F)(F)F)c4)cnc3c1OC)NC=C2. The minimum Gasteiger partial charge on any atom is -0.493 e. The van der Waals surface area contributed by atoms with Gasteiger partial charge in [-0.1, -0.05) is 12.1 Å². The van der Waals surface area contributed by atoms with Crippen LogP contribution in [-0.4, -0.2) is 19.2 Å². The highest BCUT2D eigenvalue weighted by atomic mass is 19.4. The third kappa shape index (κ3) is 2.75. The molecule has 0 bridgehead atoms. The molecule has 0 atom stereocenters. The molecule has 2 heterocycles. The molecule has 3 aromatic rings. The number of ether oxygens (including phenoxy) is 2. The number of alkyl halides is 3. The van der Waals surface area contributed by atoms with E-state index in [1.165, 1.54) is 13.2 Å². The van der Waals surface area contributed by atoms with Crippen molar-refractivity contribution in [3.8, 4) is 22.6 Å². The standard InChI is InChI=1S/C20H15F3N2O2/c1-26-15-9-12-6-7-24-17-14(10-25-18(16(12)17)19(15)27-2)11-4-3-5-13(8-11)20(21,22)23/h3-10,24H,1-2H3. The normalized spacial score (nSPS) is 12.8. The summed E-state index contributed by atoms with van der Waals surface area (Å²) in [5.74, 6) is 1.02. The summed E-state index contributed by atoms with van der Waals surface area (Å²) in [5, 5.41) is 3.91. The van der Waals surface area contributed by atoms with Gasteiger partial charge >= 0.3 is 6.18 Å². The fraction of sp³-hybridized carbons (Fsp3) is 0.150. The van der Waals surface area contributed by atoms with E-state index >= 15 is 0 Å². The summed E-state index contributed by atoms with van der Waals surface area (Å²) in [5.41, 5.74) is 2.40. The van der Waals surface area contributed by atoms with Crippen LogP contribution in [0, 0.1) is 0 Å². The number of pyridine rings is 1. The molecule has 27 heavy (non-hydrogen) atoms. The molecule has 0 fully saturated rings. The Balaban J connectivity index is 2.00. The monoisotopic (exact) mass is 372 g/mol. The van der Waals surface area contributed by atoms with E-state index < -0.39 is 11.7 Å². The molecular formula is C20H15F3N2O2. The van der Waals surface area contributed by atoms with Crippen LogP contribution >= 0.6 is 0 Å². The highest BCUT2D eigenvalue weighted by Crippen LogP contribution is 2.45. The smallest absolute Gasteiger partial charge is 0.416 e. The van der Waals surface area contributed by atoms with E-state index in [4.69, 9.17) is 9.47 Å². The van der Waals surface area contributed by atoms with Crippen LogP contribution in [0.1, 0.15) is 11.1 Å². The van der Waals surface area contributed by atoms with Crippen LogP contribution in [-0.2, 0) is 6.18 Å². The van der Waals surface area contributed by atoms with Crippen LogP contribution in [0.3, 0.4) is 0 Å². The maximum atomic E-state index is 13.1. The molecule has 2 aromatic carbocycles. The molecule has 0 amide bonds. The molecule has 1 aromatic heterocycles. The Hall–Kier alpha value is -3.22. The van der Waals surface area contributed by atoms with E-state index in [0.717, 1.165) is 23.1 Å². The third-order valence-electron chi connectivity index (χ3n) is 4.51. The molecule has 1 N–H and O–H groups in total. The third-order valence-corrected chi connectivity index (χ3v) is 4.51. The first kappa shape index (κ1) is 17.2. The topological polar surface area (TPSA) is 43.4 Å². The van der Waals surface area contributed by atoms with Gasteiger partial charge in [0, 0.05) is 23.3 Å². The fourth-order valence-corrected chi connectivity index (χ4v) is 3.29. The minimum atomic E-state index is -4.41. The lowest BCUT2D eigenvalue weighted by molar-refractivity contribution is -0.137. The number of anilines is 1. The predicted octanol–water partition coefficient (Wildman–Crippen LogP) is 5.33. The van der Waals surface area contributed by atoms with Crippen molar-refractivity contribution in [1.29, 1.82) is 0 Å². The van der Waals surface area contributed by atoms with Gasteiger partial charge in [0.1, 0.15) is 5.52 Å².